The van der Waals surface area contributed by atoms with Gasteiger partial charge in [-0.25, -0.2) is 8.42 Å². The van der Waals surface area contributed by atoms with E-state index in [0.717, 1.165) is 25.1 Å². The van der Waals surface area contributed by atoms with Crippen LogP contribution in [0.5, 0.6) is 0 Å². The standard InChI is InChI=1S/C15H23N3O2S2/c1-3-16-15(21)17-13-4-6-14(7-5-13)22(19,20)18-10-8-12(2)9-11-18/h4-7,12H,3,8-11H2,1-2H3,(H2,16,17,21). The molecule has 1 saturated heterocycles. The summed E-state index contributed by atoms with van der Waals surface area (Å²) in [6.07, 6.45) is 1.85. The normalized spacial score (nSPS) is 17.2. The Morgan fingerprint density at radius 2 is 1.86 bits per heavy atom. The average Bonchev–Trinajstić information content (AvgIpc) is 2.48. The maximum absolute atomic E-state index is 12.6. The molecule has 0 atom stereocenters. The highest BCUT2D eigenvalue weighted by atomic mass is 32.2. The fourth-order valence-corrected chi connectivity index (χ4v) is 4.15. The summed E-state index contributed by atoms with van der Waals surface area (Å²) in [7, 11) is -3.38. The predicted molar refractivity (Wildman–Crippen MR) is 93.5 cm³/mol. The predicted octanol–water partition coefficient (Wildman–Crippen LogP) is 2.41. The van der Waals surface area contributed by atoms with Crippen molar-refractivity contribution in [3.05, 3.63) is 24.3 Å². The Morgan fingerprint density at radius 3 is 2.41 bits per heavy atom. The lowest BCUT2D eigenvalue weighted by Gasteiger charge is -2.29. The molecule has 2 rings (SSSR count). The third kappa shape index (κ3) is 4.18. The molecular weight excluding hydrogens is 318 g/mol. The van der Waals surface area contributed by atoms with Gasteiger partial charge in [-0.1, -0.05) is 6.92 Å². The van der Waals surface area contributed by atoms with Crippen molar-refractivity contribution in [2.24, 2.45) is 5.92 Å². The zero-order chi connectivity index (χ0) is 16.2. The first-order valence-electron chi connectivity index (χ1n) is 7.58. The number of thiocarbonyl (C=S) groups is 1. The molecule has 0 unspecified atom stereocenters. The number of nitrogens with one attached hydrogen (secondary N) is 2. The first kappa shape index (κ1) is 17.2. The van der Waals surface area contributed by atoms with Crippen molar-refractivity contribution in [1.82, 2.24) is 9.62 Å². The summed E-state index contributed by atoms with van der Waals surface area (Å²) in [4.78, 5) is 0.335. The van der Waals surface area contributed by atoms with Crippen LogP contribution in [-0.2, 0) is 10.0 Å². The minimum Gasteiger partial charge on any atom is -0.363 e. The molecule has 0 bridgehead atoms. The van der Waals surface area contributed by atoms with Crippen molar-refractivity contribution < 1.29 is 8.42 Å². The fraction of sp³-hybridized carbons (Fsp3) is 0.533. The molecule has 1 aromatic carbocycles. The number of benzene rings is 1. The van der Waals surface area contributed by atoms with E-state index in [9.17, 15) is 8.42 Å². The third-order valence-electron chi connectivity index (χ3n) is 3.83. The van der Waals surface area contributed by atoms with Gasteiger partial charge in [-0.05, 0) is 62.2 Å². The summed E-state index contributed by atoms with van der Waals surface area (Å²) in [6, 6.07) is 6.74. The summed E-state index contributed by atoms with van der Waals surface area (Å²) in [6.45, 7) is 6.08. The Kier molecular flexibility index (Phi) is 5.77. The number of hydrogen-bond donors (Lipinski definition) is 2. The van der Waals surface area contributed by atoms with Gasteiger partial charge in [0.15, 0.2) is 5.11 Å². The fourth-order valence-electron chi connectivity index (χ4n) is 2.42. The molecule has 2 N–H and O–H groups in total. The SMILES string of the molecule is CCNC(=S)Nc1ccc(S(=O)(=O)N2CCC(C)CC2)cc1. The van der Waals surface area contributed by atoms with Crippen LogP contribution in [0.15, 0.2) is 29.2 Å². The van der Waals surface area contributed by atoms with Gasteiger partial charge in [0.1, 0.15) is 0 Å². The van der Waals surface area contributed by atoms with Crippen molar-refractivity contribution in [3.63, 3.8) is 0 Å². The second-order valence-electron chi connectivity index (χ2n) is 5.60. The van der Waals surface area contributed by atoms with E-state index in [-0.39, 0.29) is 0 Å². The van der Waals surface area contributed by atoms with Gasteiger partial charge in [0.05, 0.1) is 4.90 Å². The molecule has 0 aliphatic carbocycles. The molecule has 0 spiro atoms. The van der Waals surface area contributed by atoms with Crippen LogP contribution < -0.4 is 10.6 Å². The van der Waals surface area contributed by atoms with Crippen molar-refractivity contribution in [3.8, 4) is 0 Å². The van der Waals surface area contributed by atoms with Gasteiger partial charge in [0.2, 0.25) is 10.0 Å². The Balaban J connectivity index is 2.07. The molecule has 0 radical (unpaired) electrons. The first-order chi connectivity index (χ1) is 10.4. The first-order valence-corrected chi connectivity index (χ1v) is 9.43. The smallest absolute Gasteiger partial charge is 0.243 e. The molecule has 1 aliphatic rings. The molecule has 1 aliphatic heterocycles. The maximum atomic E-state index is 12.6. The quantitative estimate of drug-likeness (QED) is 0.824. The van der Waals surface area contributed by atoms with E-state index < -0.39 is 10.0 Å². The van der Waals surface area contributed by atoms with E-state index in [2.05, 4.69) is 17.6 Å². The number of anilines is 1. The molecule has 1 fully saturated rings. The zero-order valence-electron chi connectivity index (χ0n) is 13.0. The van der Waals surface area contributed by atoms with E-state index >= 15 is 0 Å². The lowest BCUT2D eigenvalue weighted by atomic mass is 10.0. The highest BCUT2D eigenvalue weighted by molar-refractivity contribution is 7.89. The zero-order valence-corrected chi connectivity index (χ0v) is 14.6. The largest absolute Gasteiger partial charge is 0.363 e. The summed E-state index contributed by atoms with van der Waals surface area (Å²) < 4.78 is 26.8. The molecular formula is C15H23N3O2S2. The molecule has 0 amide bonds. The van der Waals surface area contributed by atoms with Gasteiger partial charge in [0, 0.05) is 25.3 Å². The van der Waals surface area contributed by atoms with Gasteiger partial charge >= 0.3 is 0 Å². The number of sulfonamides is 1. The number of piperidine rings is 1. The topological polar surface area (TPSA) is 61.4 Å². The van der Waals surface area contributed by atoms with Crippen LogP contribution in [0, 0.1) is 5.92 Å². The van der Waals surface area contributed by atoms with E-state index in [1.807, 2.05) is 6.92 Å². The van der Waals surface area contributed by atoms with E-state index in [1.54, 1.807) is 28.6 Å². The second-order valence-corrected chi connectivity index (χ2v) is 7.94. The second kappa shape index (κ2) is 7.39. The van der Waals surface area contributed by atoms with Crippen molar-refractivity contribution in [1.29, 1.82) is 0 Å². The lowest BCUT2D eigenvalue weighted by molar-refractivity contribution is 0.288. The minimum absolute atomic E-state index is 0.335. The van der Waals surface area contributed by atoms with Crippen molar-refractivity contribution in [2.75, 3.05) is 25.0 Å². The molecule has 0 saturated carbocycles. The highest BCUT2D eigenvalue weighted by Gasteiger charge is 2.27. The van der Waals surface area contributed by atoms with Gasteiger partial charge in [-0.2, -0.15) is 4.31 Å². The number of hydrogen-bond acceptors (Lipinski definition) is 3. The average molecular weight is 342 g/mol. The molecule has 122 valence electrons. The van der Waals surface area contributed by atoms with Crippen molar-refractivity contribution in [2.45, 2.75) is 31.6 Å². The highest BCUT2D eigenvalue weighted by Crippen LogP contribution is 2.24. The van der Waals surface area contributed by atoms with E-state index in [1.165, 1.54) is 0 Å². The van der Waals surface area contributed by atoms with Gasteiger partial charge in [-0.3, -0.25) is 0 Å². The Labute approximate surface area is 138 Å². The molecule has 7 heteroatoms. The van der Waals surface area contributed by atoms with Gasteiger partial charge in [0.25, 0.3) is 0 Å². The molecule has 0 aromatic heterocycles. The summed E-state index contributed by atoms with van der Waals surface area (Å²) in [5, 5.41) is 6.54. The molecule has 1 aromatic rings. The lowest BCUT2D eigenvalue weighted by Crippen LogP contribution is -2.37. The summed E-state index contributed by atoms with van der Waals surface area (Å²) in [5.74, 6) is 0.602. The van der Waals surface area contributed by atoms with Gasteiger partial charge < -0.3 is 10.6 Å². The minimum atomic E-state index is -3.38. The monoisotopic (exact) mass is 341 g/mol. The molecule has 1 heterocycles. The van der Waals surface area contributed by atoms with Crippen molar-refractivity contribution >= 4 is 33.0 Å². The van der Waals surface area contributed by atoms with Crippen LogP contribution in [0.25, 0.3) is 0 Å². The van der Waals surface area contributed by atoms with Crippen LogP contribution in [0.1, 0.15) is 26.7 Å². The molecule has 22 heavy (non-hydrogen) atoms. The Morgan fingerprint density at radius 1 is 1.27 bits per heavy atom. The summed E-state index contributed by atoms with van der Waals surface area (Å²) in [5.41, 5.74) is 0.775. The van der Waals surface area contributed by atoms with Gasteiger partial charge in [-0.15, -0.1) is 0 Å². The molecule has 5 nitrogen and oxygen atoms in total. The Hall–Kier alpha value is -1.18. The summed E-state index contributed by atoms with van der Waals surface area (Å²) >= 11 is 5.11. The van der Waals surface area contributed by atoms with E-state index in [4.69, 9.17) is 12.2 Å². The number of rotatable bonds is 4. The van der Waals surface area contributed by atoms with Crippen LogP contribution in [0.4, 0.5) is 5.69 Å². The Bertz CT molecular complexity index is 606. The van der Waals surface area contributed by atoms with E-state index in [0.29, 0.717) is 29.0 Å². The number of nitrogens with zero attached hydrogens (tertiary/aromatic N) is 1. The van der Waals surface area contributed by atoms with Crippen LogP contribution in [0.2, 0.25) is 0 Å². The van der Waals surface area contributed by atoms with Crippen LogP contribution in [0.3, 0.4) is 0 Å². The van der Waals surface area contributed by atoms with Crippen LogP contribution in [-0.4, -0.2) is 37.5 Å². The van der Waals surface area contributed by atoms with Crippen LogP contribution >= 0.6 is 12.2 Å². The third-order valence-corrected chi connectivity index (χ3v) is 5.99. The maximum Gasteiger partial charge on any atom is 0.243 e.